The van der Waals surface area contributed by atoms with Gasteiger partial charge in [0.25, 0.3) is 0 Å². The second-order valence-corrected chi connectivity index (χ2v) is 5.44. The van der Waals surface area contributed by atoms with Gasteiger partial charge in [-0.25, -0.2) is 0 Å². The predicted molar refractivity (Wildman–Crippen MR) is 75.4 cm³/mol. The fourth-order valence-electron chi connectivity index (χ4n) is 2.05. The van der Waals surface area contributed by atoms with Gasteiger partial charge in [-0.05, 0) is 30.5 Å². The van der Waals surface area contributed by atoms with Crippen molar-refractivity contribution in [2.24, 2.45) is 17.6 Å². The van der Waals surface area contributed by atoms with Crippen LogP contribution in [-0.4, -0.2) is 12.5 Å². The molecule has 1 aromatic rings. The number of halogens is 3. The van der Waals surface area contributed by atoms with Crippen LogP contribution < -0.4 is 11.1 Å². The Labute approximate surface area is 122 Å². The Kier molecular flexibility index (Phi) is 5.78. The lowest BCUT2D eigenvalue weighted by molar-refractivity contribution is -0.137. The summed E-state index contributed by atoms with van der Waals surface area (Å²) in [6, 6.07) is 4.41. The molecular formula is C15H21F3N2O. The van der Waals surface area contributed by atoms with Crippen molar-refractivity contribution in [3.63, 3.8) is 0 Å². The van der Waals surface area contributed by atoms with Crippen LogP contribution in [0.5, 0.6) is 0 Å². The summed E-state index contributed by atoms with van der Waals surface area (Å²) in [7, 11) is 0. The molecule has 0 heterocycles. The van der Waals surface area contributed by atoms with Gasteiger partial charge < -0.3 is 11.1 Å². The molecule has 0 radical (unpaired) electrons. The van der Waals surface area contributed by atoms with E-state index in [2.05, 4.69) is 5.32 Å². The highest BCUT2D eigenvalue weighted by Gasteiger charge is 2.30. The fraction of sp³-hybridized carbons (Fsp3) is 0.533. The summed E-state index contributed by atoms with van der Waals surface area (Å²) >= 11 is 0. The van der Waals surface area contributed by atoms with E-state index in [4.69, 9.17) is 5.73 Å². The standard InChI is InChI=1S/C15H21F3N2O/c1-9(2)13(8-19)14(21)20-10(3)11-4-6-12(7-5-11)15(16,17)18/h4-7,9-10,13H,8,19H2,1-3H3,(H,20,21). The first-order chi connectivity index (χ1) is 9.66. The Balaban J connectivity index is 2.76. The minimum Gasteiger partial charge on any atom is -0.349 e. The van der Waals surface area contributed by atoms with E-state index in [0.29, 0.717) is 5.56 Å². The molecule has 6 heteroatoms. The van der Waals surface area contributed by atoms with Gasteiger partial charge in [0.1, 0.15) is 0 Å². The zero-order valence-corrected chi connectivity index (χ0v) is 12.4. The van der Waals surface area contributed by atoms with E-state index in [1.165, 1.54) is 12.1 Å². The van der Waals surface area contributed by atoms with Crippen LogP contribution in [0, 0.1) is 11.8 Å². The van der Waals surface area contributed by atoms with E-state index in [9.17, 15) is 18.0 Å². The summed E-state index contributed by atoms with van der Waals surface area (Å²) in [5, 5.41) is 2.79. The predicted octanol–water partition coefficient (Wildman–Crippen LogP) is 3.11. The zero-order chi connectivity index (χ0) is 16.2. The van der Waals surface area contributed by atoms with Crippen LogP contribution >= 0.6 is 0 Å². The number of carbonyl (C=O) groups is 1. The molecule has 1 rings (SSSR count). The van der Waals surface area contributed by atoms with Crippen LogP contribution in [0.3, 0.4) is 0 Å². The number of hydrogen-bond donors (Lipinski definition) is 2. The summed E-state index contributed by atoms with van der Waals surface area (Å²) in [6.07, 6.45) is -4.35. The lowest BCUT2D eigenvalue weighted by atomic mass is 9.94. The molecule has 0 aliphatic carbocycles. The molecule has 3 N–H and O–H groups in total. The molecule has 1 amide bonds. The molecule has 0 aliphatic rings. The van der Waals surface area contributed by atoms with Crippen molar-refractivity contribution in [1.29, 1.82) is 0 Å². The van der Waals surface area contributed by atoms with Gasteiger partial charge in [0, 0.05) is 6.54 Å². The third-order valence-corrected chi connectivity index (χ3v) is 3.49. The number of benzene rings is 1. The topological polar surface area (TPSA) is 55.1 Å². The minimum absolute atomic E-state index is 0.106. The van der Waals surface area contributed by atoms with E-state index >= 15 is 0 Å². The first-order valence-corrected chi connectivity index (χ1v) is 6.84. The molecule has 2 unspecified atom stereocenters. The van der Waals surface area contributed by atoms with Crippen LogP contribution in [0.15, 0.2) is 24.3 Å². The molecule has 3 nitrogen and oxygen atoms in total. The SMILES string of the molecule is CC(NC(=O)C(CN)C(C)C)c1ccc(C(F)(F)F)cc1. The van der Waals surface area contributed by atoms with E-state index in [0.717, 1.165) is 12.1 Å². The van der Waals surface area contributed by atoms with Gasteiger partial charge in [-0.1, -0.05) is 26.0 Å². The quantitative estimate of drug-likeness (QED) is 0.878. The summed E-state index contributed by atoms with van der Waals surface area (Å²) in [5.74, 6) is -0.378. The number of nitrogens with one attached hydrogen (secondary N) is 1. The molecule has 118 valence electrons. The highest BCUT2D eigenvalue weighted by molar-refractivity contribution is 5.79. The maximum atomic E-state index is 12.5. The van der Waals surface area contributed by atoms with Crippen molar-refractivity contribution < 1.29 is 18.0 Å². The summed E-state index contributed by atoms with van der Waals surface area (Å²) in [5.41, 5.74) is 5.49. The number of hydrogen-bond acceptors (Lipinski definition) is 2. The van der Waals surface area contributed by atoms with Crippen LogP contribution in [0.1, 0.15) is 37.9 Å². The molecule has 0 aliphatic heterocycles. The van der Waals surface area contributed by atoms with Crippen molar-refractivity contribution in [1.82, 2.24) is 5.32 Å². The highest BCUT2D eigenvalue weighted by Crippen LogP contribution is 2.29. The Morgan fingerprint density at radius 2 is 1.71 bits per heavy atom. The number of nitrogens with two attached hydrogens (primary N) is 1. The first kappa shape index (κ1) is 17.5. The fourth-order valence-corrected chi connectivity index (χ4v) is 2.05. The average Bonchev–Trinajstić information content (AvgIpc) is 2.38. The Morgan fingerprint density at radius 1 is 1.19 bits per heavy atom. The van der Waals surface area contributed by atoms with E-state index in [1.807, 2.05) is 13.8 Å². The lowest BCUT2D eigenvalue weighted by Crippen LogP contribution is -2.39. The van der Waals surface area contributed by atoms with E-state index < -0.39 is 11.7 Å². The zero-order valence-electron chi connectivity index (χ0n) is 12.4. The van der Waals surface area contributed by atoms with Gasteiger partial charge in [0.05, 0.1) is 17.5 Å². The van der Waals surface area contributed by atoms with Gasteiger partial charge in [0.2, 0.25) is 5.91 Å². The van der Waals surface area contributed by atoms with Gasteiger partial charge in [0.15, 0.2) is 0 Å². The van der Waals surface area contributed by atoms with Gasteiger partial charge in [-0.3, -0.25) is 4.79 Å². The van der Waals surface area contributed by atoms with E-state index in [-0.39, 0.29) is 30.3 Å². The monoisotopic (exact) mass is 302 g/mol. The maximum absolute atomic E-state index is 12.5. The number of rotatable bonds is 5. The second-order valence-electron chi connectivity index (χ2n) is 5.44. The highest BCUT2D eigenvalue weighted by atomic mass is 19.4. The third kappa shape index (κ3) is 4.74. The van der Waals surface area contributed by atoms with Crippen molar-refractivity contribution in [2.75, 3.05) is 6.54 Å². The molecule has 2 atom stereocenters. The molecule has 21 heavy (non-hydrogen) atoms. The molecular weight excluding hydrogens is 281 g/mol. The van der Waals surface area contributed by atoms with Crippen molar-refractivity contribution >= 4 is 5.91 Å². The van der Waals surface area contributed by atoms with Crippen LogP contribution in [0.4, 0.5) is 13.2 Å². The summed E-state index contributed by atoms with van der Waals surface area (Å²) < 4.78 is 37.5. The molecule has 1 aromatic carbocycles. The first-order valence-electron chi connectivity index (χ1n) is 6.84. The van der Waals surface area contributed by atoms with Gasteiger partial charge >= 0.3 is 6.18 Å². The molecule has 0 fully saturated rings. The summed E-state index contributed by atoms with van der Waals surface area (Å²) in [4.78, 5) is 12.1. The number of alkyl halides is 3. The van der Waals surface area contributed by atoms with Gasteiger partial charge in [-0.2, -0.15) is 13.2 Å². The van der Waals surface area contributed by atoms with Crippen molar-refractivity contribution in [3.05, 3.63) is 35.4 Å². The van der Waals surface area contributed by atoms with Crippen molar-refractivity contribution in [2.45, 2.75) is 33.0 Å². The Bertz CT molecular complexity index is 469. The molecule has 0 spiro atoms. The number of amides is 1. The van der Waals surface area contributed by atoms with Crippen LogP contribution in [0.2, 0.25) is 0 Å². The van der Waals surface area contributed by atoms with Gasteiger partial charge in [-0.15, -0.1) is 0 Å². The molecule has 0 aromatic heterocycles. The second kappa shape index (κ2) is 6.93. The Morgan fingerprint density at radius 3 is 2.10 bits per heavy atom. The molecule has 0 saturated heterocycles. The minimum atomic E-state index is -4.35. The largest absolute Gasteiger partial charge is 0.416 e. The van der Waals surface area contributed by atoms with Crippen LogP contribution in [-0.2, 0) is 11.0 Å². The third-order valence-electron chi connectivity index (χ3n) is 3.49. The smallest absolute Gasteiger partial charge is 0.349 e. The van der Waals surface area contributed by atoms with Crippen LogP contribution in [0.25, 0.3) is 0 Å². The normalized spacial score (nSPS) is 14.9. The van der Waals surface area contributed by atoms with Crippen molar-refractivity contribution in [3.8, 4) is 0 Å². The number of carbonyl (C=O) groups excluding carboxylic acids is 1. The Hall–Kier alpha value is -1.56. The summed E-state index contributed by atoms with van der Waals surface area (Å²) in [6.45, 7) is 5.78. The maximum Gasteiger partial charge on any atom is 0.416 e. The molecule has 0 bridgehead atoms. The lowest BCUT2D eigenvalue weighted by Gasteiger charge is -2.22. The van der Waals surface area contributed by atoms with E-state index in [1.54, 1.807) is 6.92 Å². The molecule has 0 saturated carbocycles. The average molecular weight is 302 g/mol.